The summed E-state index contributed by atoms with van der Waals surface area (Å²) in [5.41, 5.74) is 2.75. The Hall–Kier alpha value is -3.43. The molecule has 4 rings (SSSR count). The van der Waals surface area contributed by atoms with Crippen molar-refractivity contribution in [3.8, 4) is 11.1 Å². The summed E-state index contributed by atoms with van der Waals surface area (Å²) in [5, 5.41) is 7.05. The largest absolute Gasteiger partial charge is 0.442 e. The van der Waals surface area contributed by atoms with Gasteiger partial charge in [0.2, 0.25) is 5.91 Å². The highest BCUT2D eigenvalue weighted by molar-refractivity contribution is 7.99. The molecule has 9 heteroatoms. The Labute approximate surface area is 208 Å². The average Bonchev–Trinajstić information content (AvgIpc) is 3.24. The van der Waals surface area contributed by atoms with Crippen molar-refractivity contribution in [3.05, 3.63) is 78.2 Å². The van der Waals surface area contributed by atoms with Crippen molar-refractivity contribution in [2.75, 3.05) is 30.3 Å². The molecule has 3 aromatic rings. The lowest BCUT2D eigenvalue weighted by atomic mass is 10.0. The number of nitrogens with one attached hydrogen (secondary N) is 2. The van der Waals surface area contributed by atoms with Crippen LogP contribution in [-0.4, -0.2) is 48.5 Å². The van der Waals surface area contributed by atoms with Gasteiger partial charge >= 0.3 is 6.09 Å². The molecule has 1 aliphatic rings. The number of hydrogen-bond donors (Lipinski definition) is 2. The minimum absolute atomic E-state index is 0.198. The summed E-state index contributed by atoms with van der Waals surface area (Å²) in [4.78, 5) is 28.9. The summed E-state index contributed by atoms with van der Waals surface area (Å²) in [6.45, 7) is 3.45. The van der Waals surface area contributed by atoms with Crippen LogP contribution < -0.4 is 15.5 Å². The molecule has 1 fully saturated rings. The van der Waals surface area contributed by atoms with Crippen LogP contribution in [0.2, 0.25) is 0 Å². The Morgan fingerprint density at radius 3 is 2.74 bits per heavy atom. The second kappa shape index (κ2) is 11.8. The predicted octanol–water partition coefficient (Wildman–Crippen LogP) is 4.23. The molecule has 0 unspecified atom stereocenters. The number of pyridine rings is 1. The van der Waals surface area contributed by atoms with Crippen molar-refractivity contribution >= 4 is 29.4 Å². The van der Waals surface area contributed by atoms with Crippen LogP contribution in [0.3, 0.4) is 0 Å². The first kappa shape index (κ1) is 24.7. The van der Waals surface area contributed by atoms with E-state index in [4.69, 9.17) is 4.74 Å². The van der Waals surface area contributed by atoms with Gasteiger partial charge in [0.15, 0.2) is 0 Å². The molecule has 0 bridgehead atoms. The summed E-state index contributed by atoms with van der Waals surface area (Å²) < 4.78 is 20.2. The molecule has 2 amide bonds. The third-order valence-electron chi connectivity index (χ3n) is 5.48. The first-order valence-electron chi connectivity index (χ1n) is 11.4. The van der Waals surface area contributed by atoms with E-state index >= 15 is 0 Å². The maximum atomic E-state index is 14.9. The monoisotopic (exact) mass is 494 g/mol. The van der Waals surface area contributed by atoms with Crippen LogP contribution in [0.1, 0.15) is 12.5 Å². The van der Waals surface area contributed by atoms with Crippen LogP contribution in [0.25, 0.3) is 11.1 Å². The van der Waals surface area contributed by atoms with Gasteiger partial charge in [-0.2, -0.15) is 0 Å². The zero-order chi connectivity index (χ0) is 24.6. The Kier molecular flexibility index (Phi) is 8.33. The predicted molar refractivity (Wildman–Crippen MR) is 135 cm³/mol. The fourth-order valence-electron chi connectivity index (χ4n) is 3.70. The van der Waals surface area contributed by atoms with Gasteiger partial charge < -0.3 is 15.4 Å². The minimum Gasteiger partial charge on any atom is -0.442 e. The fraction of sp³-hybridized carbons (Fsp3) is 0.269. The maximum absolute atomic E-state index is 14.9. The number of hydrogen-bond acceptors (Lipinski definition) is 6. The van der Waals surface area contributed by atoms with Gasteiger partial charge in [-0.15, -0.1) is 11.8 Å². The third-order valence-corrected chi connectivity index (χ3v) is 6.42. The van der Waals surface area contributed by atoms with Gasteiger partial charge in [0.1, 0.15) is 11.9 Å². The number of benzene rings is 2. The van der Waals surface area contributed by atoms with Gasteiger partial charge in [-0.05, 0) is 41.5 Å². The van der Waals surface area contributed by atoms with Crippen LogP contribution in [0.15, 0.2) is 71.9 Å². The Balaban J connectivity index is 1.30. The standard InChI is InChI=1S/C26H27FN4O3S/c1-18(32)30-16-22-17-31(26(33)34-22)21-9-10-23(24(27)14-21)20-7-5-19(6-8-20)15-28-12-13-35-25-4-2-3-11-29-25/h2-11,14,22,28H,12-13,15-17H2,1H3,(H,30,32)/t22-/m0/s1. The van der Waals surface area contributed by atoms with Crippen molar-refractivity contribution in [1.29, 1.82) is 0 Å². The van der Waals surface area contributed by atoms with Gasteiger partial charge in [-0.1, -0.05) is 30.3 Å². The highest BCUT2D eigenvalue weighted by Gasteiger charge is 2.32. The Morgan fingerprint density at radius 1 is 1.20 bits per heavy atom. The second-order valence-electron chi connectivity index (χ2n) is 8.11. The number of rotatable bonds is 10. The summed E-state index contributed by atoms with van der Waals surface area (Å²) in [5.74, 6) is 0.305. The van der Waals surface area contributed by atoms with E-state index in [1.54, 1.807) is 30.1 Å². The van der Waals surface area contributed by atoms with Gasteiger partial charge in [-0.3, -0.25) is 9.69 Å². The van der Waals surface area contributed by atoms with E-state index in [-0.39, 0.29) is 19.0 Å². The smallest absolute Gasteiger partial charge is 0.414 e. The lowest BCUT2D eigenvalue weighted by molar-refractivity contribution is -0.119. The molecule has 0 saturated carbocycles. The van der Waals surface area contributed by atoms with Crippen LogP contribution >= 0.6 is 11.8 Å². The Morgan fingerprint density at radius 2 is 2.03 bits per heavy atom. The van der Waals surface area contributed by atoms with Crippen molar-refractivity contribution in [3.63, 3.8) is 0 Å². The number of cyclic esters (lactones) is 1. The summed E-state index contributed by atoms with van der Waals surface area (Å²) in [6, 6.07) is 18.3. The molecule has 0 aliphatic carbocycles. The van der Waals surface area contributed by atoms with E-state index in [1.807, 2.05) is 42.5 Å². The van der Waals surface area contributed by atoms with E-state index < -0.39 is 18.0 Å². The van der Waals surface area contributed by atoms with Crippen molar-refractivity contribution in [2.24, 2.45) is 0 Å². The number of thioether (sulfide) groups is 1. The number of amides is 2. The minimum atomic E-state index is -0.553. The van der Waals surface area contributed by atoms with Crippen molar-refractivity contribution in [1.82, 2.24) is 15.6 Å². The number of carbonyl (C=O) groups excluding carboxylic acids is 2. The fourth-order valence-corrected chi connectivity index (χ4v) is 4.46. The number of ether oxygens (including phenoxy) is 1. The number of nitrogens with zero attached hydrogens (tertiary/aromatic N) is 2. The molecule has 0 radical (unpaired) electrons. The molecule has 1 aliphatic heterocycles. The summed E-state index contributed by atoms with van der Waals surface area (Å²) >= 11 is 1.71. The molecule has 35 heavy (non-hydrogen) atoms. The normalized spacial score (nSPS) is 15.2. The van der Waals surface area contributed by atoms with Crippen molar-refractivity contribution in [2.45, 2.75) is 24.6 Å². The second-order valence-corrected chi connectivity index (χ2v) is 9.22. The molecule has 182 valence electrons. The van der Waals surface area contributed by atoms with Gasteiger partial charge in [0, 0.05) is 37.5 Å². The molecule has 7 nitrogen and oxygen atoms in total. The summed E-state index contributed by atoms with van der Waals surface area (Å²) in [6.07, 6.45) is 0.770. The molecule has 2 aromatic carbocycles. The highest BCUT2D eigenvalue weighted by atomic mass is 32.2. The van der Waals surface area contributed by atoms with Crippen LogP contribution in [0.4, 0.5) is 14.9 Å². The third kappa shape index (κ3) is 6.80. The summed E-state index contributed by atoms with van der Waals surface area (Å²) in [7, 11) is 0. The molecule has 1 atom stereocenters. The molecule has 0 spiro atoms. The quantitative estimate of drug-likeness (QED) is 0.324. The van der Waals surface area contributed by atoms with Crippen LogP contribution in [0, 0.1) is 5.82 Å². The van der Waals surface area contributed by atoms with E-state index in [2.05, 4.69) is 15.6 Å². The first-order chi connectivity index (χ1) is 17.0. The molecular weight excluding hydrogens is 467 g/mol. The van der Waals surface area contributed by atoms with E-state index in [9.17, 15) is 14.0 Å². The van der Waals surface area contributed by atoms with Gasteiger partial charge in [-0.25, -0.2) is 14.2 Å². The number of carbonyl (C=O) groups is 2. The van der Waals surface area contributed by atoms with Crippen molar-refractivity contribution < 1.29 is 18.7 Å². The van der Waals surface area contributed by atoms with E-state index in [0.717, 1.165) is 35.0 Å². The molecule has 2 heterocycles. The number of aromatic nitrogens is 1. The zero-order valence-corrected chi connectivity index (χ0v) is 20.2. The highest BCUT2D eigenvalue weighted by Crippen LogP contribution is 2.29. The molecule has 2 N–H and O–H groups in total. The van der Waals surface area contributed by atoms with Crippen LogP contribution in [0.5, 0.6) is 0 Å². The van der Waals surface area contributed by atoms with Gasteiger partial charge in [0.05, 0.1) is 23.8 Å². The lowest BCUT2D eigenvalue weighted by Crippen LogP contribution is -2.33. The van der Waals surface area contributed by atoms with E-state index in [0.29, 0.717) is 11.3 Å². The first-order valence-corrected chi connectivity index (χ1v) is 12.3. The average molecular weight is 495 g/mol. The lowest BCUT2D eigenvalue weighted by Gasteiger charge is -2.15. The Bertz CT molecular complexity index is 1160. The zero-order valence-electron chi connectivity index (χ0n) is 19.4. The van der Waals surface area contributed by atoms with Crippen LogP contribution in [-0.2, 0) is 16.1 Å². The molecule has 1 aromatic heterocycles. The SMILES string of the molecule is CC(=O)NC[C@H]1CN(c2ccc(-c3ccc(CNCCSc4ccccn4)cc3)c(F)c2)C(=O)O1. The van der Waals surface area contributed by atoms with Gasteiger partial charge in [0.25, 0.3) is 0 Å². The van der Waals surface area contributed by atoms with E-state index in [1.165, 1.54) is 17.9 Å². The molecular formula is C26H27FN4O3S. The number of halogens is 1. The molecule has 1 saturated heterocycles. The maximum Gasteiger partial charge on any atom is 0.414 e. The number of anilines is 1. The topological polar surface area (TPSA) is 83.6 Å².